The molecule has 0 bridgehead atoms. The fraction of sp³-hybridized carbons (Fsp3) is 0.818. The Morgan fingerprint density at radius 1 is 1.42 bits per heavy atom. The average Bonchev–Trinajstić information content (AvgIpc) is 2.09. The fourth-order valence-corrected chi connectivity index (χ4v) is 1.53. The Morgan fingerprint density at radius 2 is 2.08 bits per heavy atom. The molecule has 0 atom stereocenters. The molecule has 0 unspecified atom stereocenters. The van der Waals surface area contributed by atoms with Gasteiger partial charge in [-0.05, 0) is 32.4 Å². The molecule has 1 heterocycles. The van der Waals surface area contributed by atoms with Gasteiger partial charge in [-0.1, -0.05) is 32.9 Å². The molecule has 0 N–H and O–H groups in total. The first-order chi connectivity index (χ1) is 5.83. The highest BCUT2D eigenvalue weighted by atomic mass is 15.1. The van der Waals surface area contributed by atoms with Crippen molar-refractivity contribution < 1.29 is 0 Å². The van der Waals surface area contributed by atoms with Crippen LogP contribution in [-0.2, 0) is 0 Å². The summed E-state index contributed by atoms with van der Waals surface area (Å²) >= 11 is 0. The van der Waals surface area contributed by atoms with Crippen LogP contribution in [0.25, 0.3) is 0 Å². The molecule has 0 aromatic rings. The van der Waals surface area contributed by atoms with Crippen molar-refractivity contribution in [3.8, 4) is 0 Å². The lowest BCUT2D eigenvalue weighted by atomic mass is 10.1. The molecule has 0 aromatic heterocycles. The third kappa shape index (κ3) is 4.55. The molecular formula is C11H23N. The van der Waals surface area contributed by atoms with Crippen LogP contribution in [0.1, 0.15) is 40.0 Å². The number of likely N-dealkylation sites (tertiary alicyclic amines) is 1. The monoisotopic (exact) mass is 169 g/mol. The minimum absolute atomic E-state index is 1.15. The molecule has 1 saturated heterocycles. The first kappa shape index (κ1) is 11.7. The Morgan fingerprint density at radius 3 is 2.58 bits per heavy atom. The van der Waals surface area contributed by atoms with Crippen LogP contribution >= 0.6 is 0 Å². The summed E-state index contributed by atoms with van der Waals surface area (Å²) in [7, 11) is 0. The Hall–Kier alpha value is -0.300. The third-order valence-corrected chi connectivity index (χ3v) is 1.99. The number of hydrogen-bond donors (Lipinski definition) is 0. The van der Waals surface area contributed by atoms with Gasteiger partial charge in [0.1, 0.15) is 0 Å². The molecule has 0 radical (unpaired) electrons. The van der Waals surface area contributed by atoms with Crippen molar-refractivity contribution in [2.75, 3.05) is 19.6 Å². The van der Waals surface area contributed by atoms with Gasteiger partial charge in [-0.3, -0.25) is 4.90 Å². The van der Waals surface area contributed by atoms with Gasteiger partial charge in [0.05, 0.1) is 0 Å². The van der Waals surface area contributed by atoms with Crippen LogP contribution in [-0.4, -0.2) is 24.5 Å². The summed E-state index contributed by atoms with van der Waals surface area (Å²) in [4.78, 5) is 2.49. The largest absolute Gasteiger partial charge is 0.299 e. The molecule has 72 valence electrons. The van der Waals surface area contributed by atoms with Crippen molar-refractivity contribution in [2.45, 2.75) is 40.0 Å². The smallest absolute Gasteiger partial charge is 0.0190 e. The molecule has 0 amide bonds. The summed E-state index contributed by atoms with van der Waals surface area (Å²) in [5, 5.41) is 0. The minimum atomic E-state index is 1.15. The maximum atomic E-state index is 4.00. The van der Waals surface area contributed by atoms with Crippen molar-refractivity contribution in [2.24, 2.45) is 0 Å². The van der Waals surface area contributed by atoms with Crippen LogP contribution in [0.4, 0.5) is 0 Å². The summed E-state index contributed by atoms with van der Waals surface area (Å²) in [6.07, 6.45) is 3.84. The minimum Gasteiger partial charge on any atom is -0.299 e. The predicted molar refractivity (Wildman–Crippen MR) is 56.5 cm³/mol. The summed E-state index contributed by atoms with van der Waals surface area (Å²) in [6.45, 7) is 13.9. The van der Waals surface area contributed by atoms with Gasteiger partial charge in [0.2, 0.25) is 0 Å². The Labute approximate surface area is 77.5 Å². The van der Waals surface area contributed by atoms with E-state index in [1.807, 2.05) is 13.8 Å². The molecule has 0 aliphatic carbocycles. The first-order valence-corrected chi connectivity index (χ1v) is 5.22. The standard InChI is InChI=1S/C9H17N.C2H6/c1-3-6-10-7-4-5-9(2)8-10;1-2/h2-8H2,1H3;1-2H3. The van der Waals surface area contributed by atoms with Crippen molar-refractivity contribution in [3.05, 3.63) is 12.2 Å². The topological polar surface area (TPSA) is 3.24 Å². The van der Waals surface area contributed by atoms with Gasteiger partial charge < -0.3 is 0 Å². The van der Waals surface area contributed by atoms with Gasteiger partial charge in [0, 0.05) is 6.54 Å². The molecule has 1 aliphatic rings. The van der Waals surface area contributed by atoms with Crippen LogP contribution in [0.3, 0.4) is 0 Å². The van der Waals surface area contributed by atoms with E-state index in [1.54, 1.807) is 0 Å². The van der Waals surface area contributed by atoms with Gasteiger partial charge in [-0.15, -0.1) is 0 Å². The number of nitrogens with zero attached hydrogens (tertiary/aromatic N) is 1. The van der Waals surface area contributed by atoms with Crippen molar-refractivity contribution >= 4 is 0 Å². The highest BCUT2D eigenvalue weighted by molar-refractivity contribution is 5.00. The highest BCUT2D eigenvalue weighted by Crippen LogP contribution is 2.12. The number of hydrogen-bond acceptors (Lipinski definition) is 1. The second-order valence-corrected chi connectivity index (χ2v) is 3.13. The Balaban J connectivity index is 0.000000561. The van der Waals surface area contributed by atoms with Crippen molar-refractivity contribution in [1.29, 1.82) is 0 Å². The van der Waals surface area contributed by atoms with Crippen LogP contribution in [0, 0.1) is 0 Å². The van der Waals surface area contributed by atoms with Crippen molar-refractivity contribution in [3.63, 3.8) is 0 Å². The van der Waals surface area contributed by atoms with E-state index < -0.39 is 0 Å². The number of piperidine rings is 1. The average molecular weight is 169 g/mol. The van der Waals surface area contributed by atoms with E-state index in [1.165, 1.54) is 37.9 Å². The van der Waals surface area contributed by atoms with Gasteiger partial charge in [0.25, 0.3) is 0 Å². The zero-order valence-corrected chi connectivity index (χ0v) is 8.90. The summed E-state index contributed by atoms with van der Waals surface area (Å²) in [6, 6.07) is 0. The molecule has 1 nitrogen and oxygen atoms in total. The van der Waals surface area contributed by atoms with E-state index in [-0.39, 0.29) is 0 Å². The summed E-state index contributed by atoms with van der Waals surface area (Å²) in [5.41, 5.74) is 1.42. The molecular weight excluding hydrogens is 146 g/mol. The van der Waals surface area contributed by atoms with Crippen LogP contribution < -0.4 is 0 Å². The first-order valence-electron chi connectivity index (χ1n) is 5.22. The van der Waals surface area contributed by atoms with E-state index >= 15 is 0 Å². The molecule has 0 spiro atoms. The van der Waals surface area contributed by atoms with Gasteiger partial charge in [0.15, 0.2) is 0 Å². The normalized spacial score (nSPS) is 18.4. The molecule has 0 saturated carbocycles. The third-order valence-electron chi connectivity index (χ3n) is 1.99. The summed E-state index contributed by atoms with van der Waals surface area (Å²) in [5.74, 6) is 0. The van der Waals surface area contributed by atoms with E-state index in [0.29, 0.717) is 0 Å². The van der Waals surface area contributed by atoms with Crippen LogP contribution in [0.15, 0.2) is 12.2 Å². The molecule has 0 aromatic carbocycles. The van der Waals surface area contributed by atoms with Gasteiger partial charge in [-0.2, -0.15) is 0 Å². The zero-order valence-electron chi connectivity index (χ0n) is 8.90. The summed E-state index contributed by atoms with van der Waals surface area (Å²) < 4.78 is 0. The quantitative estimate of drug-likeness (QED) is 0.574. The Bertz CT molecular complexity index is 116. The number of rotatable bonds is 2. The molecule has 1 rings (SSSR count). The molecule has 1 fully saturated rings. The highest BCUT2D eigenvalue weighted by Gasteiger charge is 2.10. The lowest BCUT2D eigenvalue weighted by Gasteiger charge is -2.27. The SMILES string of the molecule is C=C1CCCN(CCC)C1.CC. The van der Waals surface area contributed by atoms with E-state index in [4.69, 9.17) is 0 Å². The van der Waals surface area contributed by atoms with Crippen LogP contribution in [0.2, 0.25) is 0 Å². The Kier molecular flexibility index (Phi) is 7.17. The fourth-order valence-electron chi connectivity index (χ4n) is 1.53. The maximum Gasteiger partial charge on any atom is 0.0190 e. The van der Waals surface area contributed by atoms with Crippen molar-refractivity contribution in [1.82, 2.24) is 4.90 Å². The zero-order chi connectivity index (χ0) is 9.40. The molecule has 1 heteroatoms. The van der Waals surface area contributed by atoms with Gasteiger partial charge >= 0.3 is 0 Å². The van der Waals surface area contributed by atoms with E-state index in [9.17, 15) is 0 Å². The lowest BCUT2D eigenvalue weighted by Crippen LogP contribution is -2.31. The van der Waals surface area contributed by atoms with Gasteiger partial charge in [-0.25, -0.2) is 0 Å². The second kappa shape index (κ2) is 7.35. The van der Waals surface area contributed by atoms with E-state index in [2.05, 4.69) is 18.4 Å². The van der Waals surface area contributed by atoms with E-state index in [0.717, 1.165) is 6.54 Å². The predicted octanol–water partition coefficient (Wildman–Crippen LogP) is 3.07. The molecule has 1 aliphatic heterocycles. The second-order valence-electron chi connectivity index (χ2n) is 3.13. The molecule has 12 heavy (non-hydrogen) atoms. The maximum absolute atomic E-state index is 4.00. The lowest BCUT2D eigenvalue weighted by molar-refractivity contribution is 0.267. The van der Waals surface area contributed by atoms with Crippen LogP contribution in [0.5, 0.6) is 0 Å².